The molecular formula is C22H28N4O4S. The Bertz CT molecular complexity index is 1010. The van der Waals surface area contributed by atoms with Crippen molar-refractivity contribution in [3.05, 3.63) is 59.7 Å². The molecule has 0 saturated carbocycles. The van der Waals surface area contributed by atoms with Crippen molar-refractivity contribution < 1.29 is 17.9 Å². The number of nitrogens with one attached hydrogen (secondary N) is 1. The maximum Gasteiger partial charge on any atom is 0.271 e. The number of nitrogens with zero attached hydrogens (tertiary/aromatic N) is 3. The summed E-state index contributed by atoms with van der Waals surface area (Å²) in [6.45, 7) is 7.41. The van der Waals surface area contributed by atoms with Crippen LogP contribution >= 0.6 is 0 Å². The number of hydrazone groups is 1. The fourth-order valence-electron chi connectivity index (χ4n) is 3.32. The van der Waals surface area contributed by atoms with Crippen LogP contribution in [0.5, 0.6) is 0 Å². The summed E-state index contributed by atoms with van der Waals surface area (Å²) in [6.07, 6.45) is 1.55. The molecule has 1 amide bonds. The molecule has 1 aliphatic heterocycles. The highest BCUT2D eigenvalue weighted by Gasteiger charge is 2.26. The Morgan fingerprint density at radius 3 is 2.45 bits per heavy atom. The number of benzene rings is 2. The molecule has 2 aromatic carbocycles. The molecule has 0 spiro atoms. The molecule has 0 unspecified atom stereocenters. The fourth-order valence-corrected chi connectivity index (χ4v) is 4.78. The number of hydrogen-bond acceptors (Lipinski definition) is 6. The molecule has 2 aromatic rings. The van der Waals surface area contributed by atoms with Gasteiger partial charge in [-0.15, -0.1) is 0 Å². The molecule has 0 atom stereocenters. The molecule has 31 heavy (non-hydrogen) atoms. The second-order valence-electron chi connectivity index (χ2n) is 7.01. The molecule has 1 heterocycles. The van der Waals surface area contributed by atoms with Gasteiger partial charge in [0.2, 0.25) is 10.0 Å². The molecule has 0 bridgehead atoms. The molecular weight excluding hydrogens is 416 g/mol. The first-order valence-electron chi connectivity index (χ1n) is 10.3. The molecule has 0 aromatic heterocycles. The summed E-state index contributed by atoms with van der Waals surface area (Å²) < 4.78 is 32.2. The summed E-state index contributed by atoms with van der Waals surface area (Å²) in [4.78, 5) is 14.8. The zero-order chi connectivity index (χ0) is 22.3. The predicted octanol–water partition coefficient (Wildman–Crippen LogP) is 2.32. The van der Waals surface area contributed by atoms with E-state index in [-0.39, 0.29) is 10.5 Å². The summed E-state index contributed by atoms with van der Waals surface area (Å²) in [5.41, 5.74) is 4.66. The number of hydrogen-bond donors (Lipinski definition) is 1. The molecule has 1 saturated heterocycles. The van der Waals surface area contributed by atoms with Crippen molar-refractivity contribution >= 4 is 27.8 Å². The first-order valence-corrected chi connectivity index (χ1v) is 11.8. The third kappa shape index (κ3) is 5.69. The minimum atomic E-state index is -3.67. The van der Waals surface area contributed by atoms with E-state index in [9.17, 15) is 13.2 Å². The van der Waals surface area contributed by atoms with Gasteiger partial charge in [-0.1, -0.05) is 18.2 Å². The van der Waals surface area contributed by atoms with Crippen LogP contribution < -0.4 is 10.3 Å². The van der Waals surface area contributed by atoms with Gasteiger partial charge in [-0.25, -0.2) is 13.8 Å². The quantitative estimate of drug-likeness (QED) is 0.498. The minimum absolute atomic E-state index is 0.0815. The van der Waals surface area contributed by atoms with Crippen molar-refractivity contribution in [1.82, 2.24) is 9.73 Å². The second-order valence-corrected chi connectivity index (χ2v) is 8.95. The summed E-state index contributed by atoms with van der Waals surface area (Å²) in [5, 5.41) is 4.00. The number of rotatable bonds is 8. The van der Waals surface area contributed by atoms with Crippen molar-refractivity contribution in [1.29, 1.82) is 0 Å². The molecule has 0 aliphatic carbocycles. The Kier molecular flexibility index (Phi) is 7.78. The van der Waals surface area contributed by atoms with Crippen molar-refractivity contribution in [3.63, 3.8) is 0 Å². The van der Waals surface area contributed by atoms with E-state index in [0.717, 1.165) is 24.3 Å². The van der Waals surface area contributed by atoms with Crippen LogP contribution in [0.3, 0.4) is 0 Å². The Labute approximate surface area is 183 Å². The molecule has 0 radical (unpaired) electrons. The van der Waals surface area contributed by atoms with E-state index in [4.69, 9.17) is 4.74 Å². The van der Waals surface area contributed by atoms with E-state index >= 15 is 0 Å². The highest BCUT2D eigenvalue weighted by molar-refractivity contribution is 7.89. The van der Waals surface area contributed by atoms with Gasteiger partial charge in [0.05, 0.1) is 24.3 Å². The normalized spacial score (nSPS) is 15.2. The van der Waals surface area contributed by atoms with E-state index in [0.29, 0.717) is 26.3 Å². The Balaban J connectivity index is 1.65. The van der Waals surface area contributed by atoms with Crippen LogP contribution in [-0.4, -0.2) is 64.2 Å². The van der Waals surface area contributed by atoms with E-state index in [1.165, 1.54) is 16.4 Å². The number of ether oxygens (including phenoxy) is 1. The Morgan fingerprint density at radius 1 is 1.13 bits per heavy atom. The molecule has 3 rings (SSSR count). The van der Waals surface area contributed by atoms with Crippen LogP contribution in [0.4, 0.5) is 5.69 Å². The first kappa shape index (κ1) is 22.9. The van der Waals surface area contributed by atoms with Crippen LogP contribution in [0, 0.1) is 0 Å². The number of amides is 1. The molecule has 9 heteroatoms. The van der Waals surface area contributed by atoms with Crippen molar-refractivity contribution in [3.8, 4) is 0 Å². The van der Waals surface area contributed by atoms with Gasteiger partial charge in [0.1, 0.15) is 0 Å². The Morgan fingerprint density at radius 2 is 1.81 bits per heavy atom. The monoisotopic (exact) mass is 444 g/mol. The van der Waals surface area contributed by atoms with Crippen molar-refractivity contribution in [2.45, 2.75) is 18.7 Å². The second kappa shape index (κ2) is 10.5. The van der Waals surface area contributed by atoms with Gasteiger partial charge in [0.15, 0.2) is 0 Å². The zero-order valence-electron chi connectivity index (χ0n) is 17.8. The minimum Gasteiger partial charge on any atom is -0.379 e. The lowest BCUT2D eigenvalue weighted by Gasteiger charge is -2.26. The van der Waals surface area contributed by atoms with Crippen LogP contribution in [0.25, 0.3) is 0 Å². The number of carbonyl (C=O) groups excluding carboxylic acids is 1. The summed E-state index contributed by atoms with van der Waals surface area (Å²) in [6, 6.07) is 13.8. The number of morpholine rings is 1. The van der Waals surface area contributed by atoms with Gasteiger partial charge in [-0.3, -0.25) is 4.79 Å². The van der Waals surface area contributed by atoms with Gasteiger partial charge in [-0.2, -0.15) is 9.41 Å². The van der Waals surface area contributed by atoms with Crippen molar-refractivity contribution in [2.24, 2.45) is 5.10 Å². The lowest BCUT2D eigenvalue weighted by Crippen LogP contribution is -2.40. The topological polar surface area (TPSA) is 91.3 Å². The first-order chi connectivity index (χ1) is 15.0. The summed E-state index contributed by atoms with van der Waals surface area (Å²) >= 11 is 0. The number of anilines is 1. The largest absolute Gasteiger partial charge is 0.379 e. The average molecular weight is 445 g/mol. The number of sulfonamides is 1. The molecule has 1 N–H and O–H groups in total. The third-order valence-corrected chi connectivity index (χ3v) is 7.00. The van der Waals surface area contributed by atoms with Crippen molar-refractivity contribution in [2.75, 3.05) is 44.3 Å². The van der Waals surface area contributed by atoms with Crippen LogP contribution in [-0.2, 0) is 14.8 Å². The highest BCUT2D eigenvalue weighted by Crippen LogP contribution is 2.18. The molecule has 1 aliphatic rings. The van der Waals surface area contributed by atoms with Gasteiger partial charge >= 0.3 is 0 Å². The summed E-state index contributed by atoms with van der Waals surface area (Å²) in [7, 11) is -3.67. The smallest absolute Gasteiger partial charge is 0.271 e. The lowest BCUT2D eigenvalue weighted by atomic mass is 10.2. The van der Waals surface area contributed by atoms with Crippen LogP contribution in [0.1, 0.15) is 29.8 Å². The van der Waals surface area contributed by atoms with E-state index in [2.05, 4.69) is 29.3 Å². The van der Waals surface area contributed by atoms with E-state index in [1.807, 2.05) is 24.3 Å². The highest BCUT2D eigenvalue weighted by atomic mass is 32.2. The molecule has 8 nitrogen and oxygen atoms in total. The van der Waals surface area contributed by atoms with Crippen LogP contribution in [0.15, 0.2) is 58.5 Å². The fraction of sp³-hybridized carbons (Fsp3) is 0.364. The standard InChI is InChI=1S/C22H28N4O4S/c1-3-25(4-2)20-10-8-18(9-11-20)17-23-24-22(27)19-6-5-7-21(16-19)31(28,29)26-12-14-30-15-13-26/h5-11,16-17H,3-4,12-15H2,1-2H3,(H,24,27)/b23-17-. The number of carbonyl (C=O) groups is 1. The molecule has 1 fully saturated rings. The SMILES string of the molecule is CCN(CC)c1ccc(/C=N\NC(=O)c2cccc(S(=O)(=O)N3CCOCC3)c2)cc1. The Hall–Kier alpha value is -2.75. The van der Waals surface area contributed by atoms with E-state index < -0.39 is 15.9 Å². The average Bonchev–Trinajstić information content (AvgIpc) is 2.81. The van der Waals surface area contributed by atoms with E-state index in [1.54, 1.807) is 18.3 Å². The third-order valence-electron chi connectivity index (χ3n) is 5.11. The van der Waals surface area contributed by atoms with Gasteiger partial charge in [0, 0.05) is 37.4 Å². The van der Waals surface area contributed by atoms with Gasteiger partial charge in [-0.05, 0) is 49.7 Å². The van der Waals surface area contributed by atoms with Crippen LogP contribution in [0.2, 0.25) is 0 Å². The van der Waals surface area contributed by atoms with Gasteiger partial charge in [0.25, 0.3) is 5.91 Å². The maximum absolute atomic E-state index is 12.8. The van der Waals surface area contributed by atoms with Gasteiger partial charge < -0.3 is 9.64 Å². The molecule has 166 valence electrons. The lowest BCUT2D eigenvalue weighted by molar-refractivity contribution is 0.0730. The zero-order valence-corrected chi connectivity index (χ0v) is 18.6. The summed E-state index contributed by atoms with van der Waals surface area (Å²) in [5.74, 6) is -0.477. The maximum atomic E-state index is 12.8. The predicted molar refractivity (Wildman–Crippen MR) is 121 cm³/mol.